The first-order valence-electron chi connectivity index (χ1n) is 6.74. The SMILES string of the molecule is CCS(=O)(=O)Nc1ccc(C(=O)C2CCCOC2)cc1. The molecule has 1 aliphatic heterocycles. The molecule has 1 heterocycles. The van der Waals surface area contributed by atoms with Crippen molar-refractivity contribution in [2.24, 2.45) is 5.92 Å². The van der Waals surface area contributed by atoms with Crippen LogP contribution in [-0.2, 0) is 14.8 Å². The summed E-state index contributed by atoms with van der Waals surface area (Å²) in [6.45, 7) is 2.77. The Hall–Kier alpha value is -1.40. The van der Waals surface area contributed by atoms with E-state index >= 15 is 0 Å². The van der Waals surface area contributed by atoms with Crippen LogP contribution in [0.3, 0.4) is 0 Å². The highest BCUT2D eigenvalue weighted by Gasteiger charge is 2.22. The van der Waals surface area contributed by atoms with E-state index in [1.807, 2.05) is 0 Å². The molecule has 6 heteroatoms. The molecule has 0 aliphatic carbocycles. The van der Waals surface area contributed by atoms with Crippen LogP contribution in [0.1, 0.15) is 30.1 Å². The van der Waals surface area contributed by atoms with Crippen molar-refractivity contribution in [2.45, 2.75) is 19.8 Å². The largest absolute Gasteiger partial charge is 0.381 e. The number of hydrogen-bond donors (Lipinski definition) is 1. The van der Waals surface area contributed by atoms with E-state index in [1.165, 1.54) is 0 Å². The van der Waals surface area contributed by atoms with Gasteiger partial charge >= 0.3 is 0 Å². The van der Waals surface area contributed by atoms with E-state index < -0.39 is 10.0 Å². The van der Waals surface area contributed by atoms with Crippen LogP contribution in [0.25, 0.3) is 0 Å². The predicted molar refractivity (Wildman–Crippen MR) is 77.4 cm³/mol. The van der Waals surface area contributed by atoms with Crippen molar-refractivity contribution in [3.05, 3.63) is 29.8 Å². The molecule has 1 unspecified atom stereocenters. The lowest BCUT2D eigenvalue weighted by atomic mass is 9.93. The van der Waals surface area contributed by atoms with Crippen LogP contribution in [0, 0.1) is 5.92 Å². The van der Waals surface area contributed by atoms with Crippen molar-refractivity contribution in [1.29, 1.82) is 0 Å². The number of benzene rings is 1. The van der Waals surface area contributed by atoms with Crippen LogP contribution in [0.2, 0.25) is 0 Å². The zero-order valence-corrected chi connectivity index (χ0v) is 12.3. The molecule has 1 N–H and O–H groups in total. The van der Waals surface area contributed by atoms with E-state index in [0.29, 0.717) is 17.9 Å². The maximum Gasteiger partial charge on any atom is 0.232 e. The number of rotatable bonds is 5. The van der Waals surface area contributed by atoms with Crippen LogP contribution in [-0.4, -0.2) is 33.2 Å². The summed E-state index contributed by atoms with van der Waals surface area (Å²) in [5, 5.41) is 0. The third-order valence-corrected chi connectivity index (χ3v) is 4.66. The van der Waals surface area contributed by atoms with E-state index in [1.54, 1.807) is 31.2 Å². The monoisotopic (exact) mass is 297 g/mol. The molecule has 1 atom stereocenters. The molecule has 1 aromatic carbocycles. The Balaban J connectivity index is 2.06. The molecule has 1 aliphatic rings. The Morgan fingerprint density at radius 3 is 2.60 bits per heavy atom. The molecule has 5 nitrogen and oxygen atoms in total. The van der Waals surface area contributed by atoms with Crippen molar-refractivity contribution in [2.75, 3.05) is 23.7 Å². The first-order valence-corrected chi connectivity index (χ1v) is 8.39. The first kappa shape index (κ1) is 15.0. The van der Waals surface area contributed by atoms with Gasteiger partial charge < -0.3 is 4.74 Å². The standard InChI is InChI=1S/C14H19NO4S/c1-2-20(17,18)15-13-7-5-11(6-8-13)14(16)12-4-3-9-19-10-12/h5-8,12,15H,2-4,9-10H2,1H3. The van der Waals surface area contributed by atoms with Crippen LogP contribution in [0.4, 0.5) is 5.69 Å². The molecular weight excluding hydrogens is 278 g/mol. The molecular formula is C14H19NO4S. The quantitative estimate of drug-likeness (QED) is 0.844. The molecule has 0 spiro atoms. The molecule has 0 amide bonds. The van der Waals surface area contributed by atoms with Gasteiger partial charge in [-0.2, -0.15) is 0 Å². The molecule has 1 saturated heterocycles. The molecule has 110 valence electrons. The lowest BCUT2D eigenvalue weighted by molar-refractivity contribution is 0.0461. The molecule has 2 rings (SSSR count). The number of carbonyl (C=O) groups excluding carboxylic acids is 1. The topological polar surface area (TPSA) is 72.5 Å². The summed E-state index contributed by atoms with van der Waals surface area (Å²) < 4.78 is 30.6. The van der Waals surface area contributed by atoms with Gasteiger partial charge in [-0.15, -0.1) is 0 Å². The lowest BCUT2D eigenvalue weighted by Crippen LogP contribution is -2.25. The first-order chi connectivity index (χ1) is 9.52. The normalized spacial score (nSPS) is 19.6. The zero-order valence-electron chi connectivity index (χ0n) is 11.5. The van der Waals surface area contributed by atoms with E-state index in [9.17, 15) is 13.2 Å². The van der Waals surface area contributed by atoms with E-state index in [4.69, 9.17) is 4.74 Å². The summed E-state index contributed by atoms with van der Waals surface area (Å²) in [6.07, 6.45) is 1.76. The van der Waals surface area contributed by atoms with Gasteiger partial charge in [0, 0.05) is 23.8 Å². The minimum Gasteiger partial charge on any atom is -0.381 e. The second-order valence-electron chi connectivity index (χ2n) is 4.86. The summed E-state index contributed by atoms with van der Waals surface area (Å²) in [5.41, 5.74) is 1.07. The van der Waals surface area contributed by atoms with Gasteiger partial charge in [-0.25, -0.2) is 8.42 Å². The van der Waals surface area contributed by atoms with Gasteiger partial charge in [-0.1, -0.05) is 0 Å². The van der Waals surface area contributed by atoms with Crippen molar-refractivity contribution in [3.8, 4) is 0 Å². The van der Waals surface area contributed by atoms with Crippen LogP contribution in [0.5, 0.6) is 0 Å². The van der Waals surface area contributed by atoms with Crippen molar-refractivity contribution in [1.82, 2.24) is 0 Å². The average molecular weight is 297 g/mol. The third-order valence-electron chi connectivity index (χ3n) is 3.35. The Labute approximate surface area is 119 Å². The Kier molecular flexibility index (Phi) is 4.77. The fourth-order valence-corrected chi connectivity index (χ4v) is 2.78. The maximum absolute atomic E-state index is 12.2. The van der Waals surface area contributed by atoms with Crippen LogP contribution in [0.15, 0.2) is 24.3 Å². The highest BCUT2D eigenvalue weighted by atomic mass is 32.2. The second kappa shape index (κ2) is 6.37. The number of anilines is 1. The molecule has 1 aromatic rings. The molecule has 0 radical (unpaired) electrons. The Morgan fingerprint density at radius 2 is 2.05 bits per heavy atom. The van der Waals surface area contributed by atoms with Crippen molar-refractivity contribution in [3.63, 3.8) is 0 Å². The lowest BCUT2D eigenvalue weighted by Gasteiger charge is -2.20. The zero-order chi connectivity index (χ0) is 14.6. The number of ether oxygens (including phenoxy) is 1. The van der Waals surface area contributed by atoms with Crippen LogP contribution < -0.4 is 4.72 Å². The summed E-state index contributed by atoms with van der Waals surface area (Å²) in [7, 11) is -3.28. The predicted octanol–water partition coefficient (Wildman–Crippen LogP) is 2.06. The number of Topliss-reactive ketones (excluding diaryl/α,β-unsaturated/α-hetero) is 1. The summed E-state index contributed by atoms with van der Waals surface area (Å²) >= 11 is 0. The van der Waals surface area contributed by atoms with Gasteiger partial charge in [-0.3, -0.25) is 9.52 Å². The minimum atomic E-state index is -3.28. The number of sulfonamides is 1. The number of ketones is 1. The highest BCUT2D eigenvalue weighted by molar-refractivity contribution is 7.92. The van der Waals surface area contributed by atoms with Gasteiger partial charge in [0.25, 0.3) is 0 Å². The van der Waals surface area contributed by atoms with E-state index in [-0.39, 0.29) is 17.5 Å². The summed E-state index contributed by atoms with van der Waals surface area (Å²) in [5.74, 6) is 0.00383. The maximum atomic E-state index is 12.2. The number of carbonyl (C=O) groups is 1. The van der Waals surface area contributed by atoms with Crippen molar-refractivity contribution < 1.29 is 17.9 Å². The van der Waals surface area contributed by atoms with E-state index in [2.05, 4.69) is 4.72 Å². The second-order valence-corrected chi connectivity index (χ2v) is 6.87. The fourth-order valence-electron chi connectivity index (χ4n) is 2.14. The van der Waals surface area contributed by atoms with Gasteiger partial charge in [0.15, 0.2) is 5.78 Å². The smallest absolute Gasteiger partial charge is 0.232 e. The average Bonchev–Trinajstić information content (AvgIpc) is 2.48. The molecule has 1 fully saturated rings. The van der Waals surface area contributed by atoms with Crippen LogP contribution >= 0.6 is 0 Å². The Morgan fingerprint density at radius 1 is 1.35 bits per heavy atom. The molecule has 0 aromatic heterocycles. The minimum absolute atomic E-state index is 0.0209. The third kappa shape index (κ3) is 3.80. The van der Waals surface area contributed by atoms with Gasteiger partial charge in [0.05, 0.1) is 12.4 Å². The molecule has 20 heavy (non-hydrogen) atoms. The fraction of sp³-hybridized carbons (Fsp3) is 0.500. The molecule has 0 saturated carbocycles. The van der Waals surface area contributed by atoms with Gasteiger partial charge in [-0.05, 0) is 44.0 Å². The summed E-state index contributed by atoms with van der Waals surface area (Å²) in [6, 6.07) is 6.54. The van der Waals surface area contributed by atoms with Gasteiger partial charge in [0.2, 0.25) is 10.0 Å². The Bertz CT molecular complexity index is 559. The highest BCUT2D eigenvalue weighted by Crippen LogP contribution is 2.20. The summed E-state index contributed by atoms with van der Waals surface area (Å²) in [4.78, 5) is 12.2. The van der Waals surface area contributed by atoms with Gasteiger partial charge in [0.1, 0.15) is 0 Å². The molecule has 0 bridgehead atoms. The van der Waals surface area contributed by atoms with E-state index in [0.717, 1.165) is 19.4 Å². The van der Waals surface area contributed by atoms with Crippen molar-refractivity contribution >= 4 is 21.5 Å². The number of hydrogen-bond acceptors (Lipinski definition) is 4. The number of nitrogens with one attached hydrogen (secondary N) is 1.